The van der Waals surface area contributed by atoms with Crippen LogP contribution in [0.2, 0.25) is 0 Å². The van der Waals surface area contributed by atoms with Crippen molar-refractivity contribution >= 4 is 35.0 Å². The predicted molar refractivity (Wildman–Crippen MR) is 205 cm³/mol. The first kappa shape index (κ1) is 35.9. The van der Waals surface area contributed by atoms with Gasteiger partial charge in [0.1, 0.15) is 17.1 Å². The van der Waals surface area contributed by atoms with Crippen molar-refractivity contribution in [1.29, 1.82) is 0 Å². The summed E-state index contributed by atoms with van der Waals surface area (Å²) >= 11 is 0. The Bertz CT molecular complexity index is 2260. The standard InChI is InChI=1S/C44H49N3O8/c1-22(2)11-10-15-42(8)21-25-19-29(48)52-37-30(25)35(53-42)26(13-12-23(3)4)36-31(37)33-32-34(47-18-17-45-40(47)46-33)27-20-28-41(6,7)55-43(38(27)49,44(28,32)54-36)16-14-24(5)39(50)51-9/h11-12,14,17-18,21,27-28,32,34H,10,13,15-16,19-20H2,1-9H3. The summed E-state index contributed by atoms with van der Waals surface area (Å²) < 4.78 is 35.4. The molecule has 1 spiro atoms. The molecule has 6 heterocycles. The summed E-state index contributed by atoms with van der Waals surface area (Å²) in [6.45, 7) is 16.1. The third-order valence-corrected chi connectivity index (χ3v) is 13.1. The van der Waals surface area contributed by atoms with Gasteiger partial charge in [0.2, 0.25) is 5.95 Å². The molecule has 1 aromatic carbocycles. The number of aliphatic imine (C=N–C) groups is 1. The van der Waals surface area contributed by atoms with E-state index in [0.29, 0.717) is 59.3 Å². The van der Waals surface area contributed by atoms with E-state index in [2.05, 4.69) is 57.8 Å². The monoisotopic (exact) mass is 747 g/mol. The number of hydrogen-bond acceptors (Lipinski definition) is 10. The molecule has 3 aliphatic carbocycles. The zero-order valence-corrected chi connectivity index (χ0v) is 33.1. The van der Waals surface area contributed by atoms with Crippen LogP contribution in [0.4, 0.5) is 5.95 Å². The lowest BCUT2D eigenvalue weighted by Gasteiger charge is -2.64. The number of carbonyl (C=O) groups excluding carboxylic acids is 3. The number of carbonyl (C=O) groups is 3. The first-order chi connectivity index (χ1) is 26.1. The van der Waals surface area contributed by atoms with Crippen molar-refractivity contribution in [3.8, 4) is 17.2 Å². The van der Waals surface area contributed by atoms with Crippen LogP contribution >= 0.6 is 0 Å². The molecule has 7 atom stereocenters. The molecule has 10 rings (SSSR count). The maximum absolute atomic E-state index is 15.3. The molecule has 11 heteroatoms. The van der Waals surface area contributed by atoms with Crippen molar-refractivity contribution in [2.24, 2.45) is 22.7 Å². The number of methoxy groups -OCH3 is 1. The highest BCUT2D eigenvalue weighted by Gasteiger charge is 2.85. The Balaban J connectivity index is 1.36. The fourth-order valence-electron chi connectivity index (χ4n) is 11.0. The van der Waals surface area contributed by atoms with Gasteiger partial charge in [-0.15, -0.1) is 0 Å². The smallest absolute Gasteiger partial charge is 0.333 e. The van der Waals surface area contributed by atoms with Crippen LogP contribution in [0.15, 0.2) is 58.4 Å². The number of hydrogen-bond donors (Lipinski definition) is 0. The van der Waals surface area contributed by atoms with E-state index in [-0.39, 0.29) is 36.6 Å². The van der Waals surface area contributed by atoms with E-state index < -0.39 is 40.2 Å². The number of aromatic nitrogens is 2. The zero-order valence-electron chi connectivity index (χ0n) is 33.1. The third-order valence-electron chi connectivity index (χ3n) is 13.1. The van der Waals surface area contributed by atoms with E-state index in [0.717, 1.165) is 28.7 Å². The summed E-state index contributed by atoms with van der Waals surface area (Å²) in [5, 5.41) is 0. The van der Waals surface area contributed by atoms with Gasteiger partial charge in [0.15, 0.2) is 22.7 Å². The van der Waals surface area contributed by atoms with E-state index in [1.807, 2.05) is 24.6 Å². The molecule has 4 fully saturated rings. The van der Waals surface area contributed by atoms with Crippen molar-refractivity contribution in [2.45, 2.75) is 122 Å². The van der Waals surface area contributed by atoms with Gasteiger partial charge in [0.05, 0.1) is 47.9 Å². The number of imidazole rings is 1. The molecular formula is C44H49N3O8. The second-order valence-corrected chi connectivity index (χ2v) is 17.6. The molecule has 0 N–H and O–H groups in total. The lowest BCUT2D eigenvalue weighted by Crippen LogP contribution is -2.79. The van der Waals surface area contributed by atoms with Crippen LogP contribution in [0, 0.1) is 17.8 Å². The number of rotatable bonds is 8. The molecule has 3 saturated carbocycles. The third kappa shape index (κ3) is 4.80. The lowest BCUT2D eigenvalue weighted by atomic mass is 9.44. The molecular weight excluding hydrogens is 698 g/mol. The van der Waals surface area contributed by atoms with Crippen molar-refractivity contribution in [1.82, 2.24) is 9.55 Å². The second-order valence-electron chi connectivity index (χ2n) is 17.6. The molecule has 2 aromatic rings. The second kappa shape index (κ2) is 11.9. The Morgan fingerprint density at radius 1 is 1.00 bits per heavy atom. The van der Waals surface area contributed by atoms with Gasteiger partial charge in [-0.05, 0) is 92.7 Å². The fraction of sp³-hybridized carbons (Fsp3) is 0.523. The average Bonchev–Trinajstić information content (AvgIpc) is 3.64. The molecule has 1 saturated heterocycles. The SMILES string of the molecule is COC(=O)C(C)=CCC12OC(C)(C)C3CC(C1=O)C1C4C(=Nc5nccn51)c1c(c(CC=C(C)C)c5c6c1OC(=O)CC6=CC(C)(CCC=C(C)C)O5)OC432. The normalized spacial score (nSPS) is 32.3. The van der Waals surface area contributed by atoms with Crippen molar-refractivity contribution in [3.05, 3.63) is 70.1 Å². The highest BCUT2D eigenvalue weighted by Crippen LogP contribution is 2.74. The summed E-state index contributed by atoms with van der Waals surface area (Å²) in [6.07, 6.45) is 14.5. The van der Waals surface area contributed by atoms with Crippen LogP contribution in [-0.4, -0.2) is 62.5 Å². The van der Waals surface area contributed by atoms with Gasteiger partial charge in [-0.1, -0.05) is 29.4 Å². The quantitative estimate of drug-likeness (QED) is 0.116. The van der Waals surface area contributed by atoms with Crippen LogP contribution in [0.25, 0.3) is 5.57 Å². The van der Waals surface area contributed by atoms with Crippen LogP contribution in [-0.2, 0) is 30.3 Å². The maximum Gasteiger partial charge on any atom is 0.333 e. The Morgan fingerprint density at radius 2 is 1.75 bits per heavy atom. The van der Waals surface area contributed by atoms with Gasteiger partial charge in [0.25, 0.3) is 0 Å². The average molecular weight is 748 g/mol. The molecule has 55 heavy (non-hydrogen) atoms. The van der Waals surface area contributed by atoms with Gasteiger partial charge in [-0.3, -0.25) is 9.59 Å². The van der Waals surface area contributed by atoms with E-state index in [4.69, 9.17) is 28.7 Å². The Labute approximate surface area is 321 Å². The molecule has 4 bridgehead atoms. The van der Waals surface area contributed by atoms with Gasteiger partial charge in [-0.2, -0.15) is 0 Å². The highest BCUT2D eigenvalue weighted by molar-refractivity contribution is 6.16. The van der Waals surface area contributed by atoms with Crippen LogP contribution < -0.4 is 14.2 Å². The first-order valence-corrected chi connectivity index (χ1v) is 19.5. The Kier molecular flexibility index (Phi) is 7.75. The number of nitrogens with zero attached hydrogens (tertiary/aromatic N) is 3. The fourth-order valence-corrected chi connectivity index (χ4v) is 11.0. The van der Waals surface area contributed by atoms with Crippen LogP contribution in [0.5, 0.6) is 17.2 Å². The van der Waals surface area contributed by atoms with Gasteiger partial charge in [-0.25, -0.2) is 14.8 Å². The molecule has 0 amide bonds. The molecule has 8 aliphatic rings. The number of Topliss-reactive ketones (excluding diaryl/α,β-unsaturated/α-hetero) is 1. The Hall–Kier alpha value is -4.77. The van der Waals surface area contributed by atoms with Crippen molar-refractivity contribution in [2.75, 3.05) is 7.11 Å². The number of allylic oxidation sites excluding steroid dienone is 4. The summed E-state index contributed by atoms with van der Waals surface area (Å²) in [4.78, 5) is 51.7. The molecule has 0 radical (unpaired) electrons. The molecule has 1 aromatic heterocycles. The van der Waals surface area contributed by atoms with Crippen molar-refractivity contribution in [3.63, 3.8) is 0 Å². The Morgan fingerprint density at radius 3 is 2.47 bits per heavy atom. The van der Waals surface area contributed by atoms with Crippen LogP contribution in [0.3, 0.4) is 0 Å². The van der Waals surface area contributed by atoms with E-state index in [1.165, 1.54) is 12.7 Å². The number of benzene rings is 1. The van der Waals surface area contributed by atoms with Gasteiger partial charge in [0, 0.05) is 41.8 Å². The highest BCUT2D eigenvalue weighted by atomic mass is 16.6. The summed E-state index contributed by atoms with van der Waals surface area (Å²) in [5.74, 6) is -0.0872. The number of esters is 2. The van der Waals surface area contributed by atoms with Crippen LogP contribution in [0.1, 0.15) is 110 Å². The molecule has 11 nitrogen and oxygen atoms in total. The minimum Gasteiger partial charge on any atom is -0.482 e. The molecule has 5 aliphatic heterocycles. The van der Waals surface area contributed by atoms with Crippen molar-refractivity contribution < 1.29 is 38.1 Å². The van der Waals surface area contributed by atoms with Gasteiger partial charge >= 0.3 is 11.9 Å². The minimum absolute atomic E-state index is 0.0567. The van der Waals surface area contributed by atoms with E-state index >= 15 is 4.79 Å². The summed E-state index contributed by atoms with van der Waals surface area (Å²) in [6, 6.07) is -0.369. The number of fused-ring (bicyclic) bond motifs is 4. The number of ether oxygens (including phenoxy) is 5. The van der Waals surface area contributed by atoms with E-state index in [9.17, 15) is 9.59 Å². The largest absolute Gasteiger partial charge is 0.482 e. The lowest BCUT2D eigenvalue weighted by molar-refractivity contribution is -0.206. The van der Waals surface area contributed by atoms with Gasteiger partial charge < -0.3 is 28.3 Å². The zero-order chi connectivity index (χ0) is 39.0. The van der Waals surface area contributed by atoms with E-state index in [1.54, 1.807) is 19.2 Å². The topological polar surface area (TPSA) is 128 Å². The predicted octanol–water partition coefficient (Wildman–Crippen LogP) is 7.68. The summed E-state index contributed by atoms with van der Waals surface area (Å²) in [7, 11) is 1.35. The summed E-state index contributed by atoms with van der Waals surface area (Å²) in [5.41, 5.74) is 2.20. The first-order valence-electron chi connectivity index (χ1n) is 19.5. The minimum atomic E-state index is -1.47. The molecule has 288 valence electrons. The molecule has 7 unspecified atom stereocenters. The number of ketones is 1. The maximum atomic E-state index is 15.3.